The van der Waals surface area contributed by atoms with Crippen LogP contribution < -0.4 is 5.32 Å². The van der Waals surface area contributed by atoms with Crippen LogP contribution in [0.25, 0.3) is 0 Å². The molecule has 3 saturated carbocycles. The molecule has 0 bridgehead atoms. The molecule has 3 aliphatic rings. The third-order valence-corrected chi connectivity index (χ3v) is 6.42. The Morgan fingerprint density at radius 3 is 2.22 bits per heavy atom. The van der Waals surface area contributed by atoms with Crippen molar-refractivity contribution >= 4 is 0 Å². The smallest absolute Gasteiger partial charge is 0.00675 e. The van der Waals surface area contributed by atoms with Crippen LogP contribution in [-0.2, 0) is 0 Å². The lowest BCUT2D eigenvalue weighted by Crippen LogP contribution is -2.39. The highest BCUT2D eigenvalue weighted by Crippen LogP contribution is 2.48. The summed E-state index contributed by atoms with van der Waals surface area (Å²) in [6, 6.07) is 0.851. The molecule has 0 aliphatic heterocycles. The first-order valence-electron chi connectivity index (χ1n) is 8.51. The highest BCUT2D eigenvalue weighted by molar-refractivity contribution is 4.91. The summed E-state index contributed by atoms with van der Waals surface area (Å²) in [4.78, 5) is 0. The summed E-state index contributed by atoms with van der Waals surface area (Å²) < 4.78 is 0. The fourth-order valence-corrected chi connectivity index (χ4v) is 4.90. The van der Waals surface area contributed by atoms with Crippen molar-refractivity contribution in [2.75, 3.05) is 6.54 Å². The Kier molecular flexibility index (Phi) is 3.98. The molecule has 3 aliphatic carbocycles. The van der Waals surface area contributed by atoms with Crippen LogP contribution in [-0.4, -0.2) is 12.6 Å². The van der Waals surface area contributed by atoms with Crippen molar-refractivity contribution in [3.8, 4) is 0 Å². The maximum absolute atomic E-state index is 3.90. The zero-order valence-corrected chi connectivity index (χ0v) is 12.2. The minimum absolute atomic E-state index is 0.804. The lowest BCUT2D eigenvalue weighted by Gasteiger charge is -2.38. The van der Waals surface area contributed by atoms with E-state index >= 15 is 0 Å². The van der Waals surface area contributed by atoms with Gasteiger partial charge in [-0.15, -0.1) is 0 Å². The summed E-state index contributed by atoms with van der Waals surface area (Å²) in [5, 5.41) is 3.90. The van der Waals surface area contributed by atoms with Crippen molar-refractivity contribution in [3.63, 3.8) is 0 Å². The summed E-state index contributed by atoms with van der Waals surface area (Å²) in [7, 11) is 0. The first kappa shape index (κ1) is 13.0. The maximum Gasteiger partial charge on any atom is 0.00675 e. The molecule has 0 aromatic rings. The highest BCUT2D eigenvalue weighted by Gasteiger charge is 2.37. The zero-order valence-electron chi connectivity index (χ0n) is 12.2. The van der Waals surface area contributed by atoms with E-state index in [-0.39, 0.29) is 0 Å². The van der Waals surface area contributed by atoms with Gasteiger partial charge in [-0.1, -0.05) is 32.6 Å². The van der Waals surface area contributed by atoms with Crippen LogP contribution in [0.4, 0.5) is 0 Å². The maximum atomic E-state index is 3.90. The van der Waals surface area contributed by atoms with Gasteiger partial charge in [-0.25, -0.2) is 0 Å². The first-order valence-corrected chi connectivity index (χ1v) is 8.51. The summed E-state index contributed by atoms with van der Waals surface area (Å²) in [6.07, 6.45) is 16.5. The third kappa shape index (κ3) is 2.76. The molecule has 18 heavy (non-hydrogen) atoms. The second-order valence-corrected chi connectivity index (χ2v) is 7.56. The van der Waals surface area contributed by atoms with Crippen LogP contribution >= 0.6 is 0 Å². The van der Waals surface area contributed by atoms with Crippen molar-refractivity contribution in [3.05, 3.63) is 0 Å². The normalized spacial score (nSPS) is 36.5. The van der Waals surface area contributed by atoms with Gasteiger partial charge in [0.2, 0.25) is 0 Å². The second kappa shape index (κ2) is 5.53. The van der Waals surface area contributed by atoms with Gasteiger partial charge in [0.05, 0.1) is 0 Å². The van der Waals surface area contributed by atoms with Crippen molar-refractivity contribution in [1.29, 1.82) is 0 Å². The van der Waals surface area contributed by atoms with E-state index in [2.05, 4.69) is 12.2 Å². The Morgan fingerprint density at radius 1 is 0.889 bits per heavy atom. The van der Waals surface area contributed by atoms with Crippen molar-refractivity contribution < 1.29 is 0 Å². The van der Waals surface area contributed by atoms with Gasteiger partial charge in [0.1, 0.15) is 0 Å². The Hall–Kier alpha value is -0.0400. The van der Waals surface area contributed by atoms with Crippen molar-refractivity contribution in [1.82, 2.24) is 5.32 Å². The van der Waals surface area contributed by atoms with Crippen molar-refractivity contribution in [2.24, 2.45) is 17.3 Å². The molecule has 0 aromatic heterocycles. The van der Waals surface area contributed by atoms with Crippen LogP contribution in [0.5, 0.6) is 0 Å². The molecule has 0 saturated heterocycles. The summed E-state index contributed by atoms with van der Waals surface area (Å²) in [5.41, 5.74) is 0.804. The van der Waals surface area contributed by atoms with Crippen LogP contribution in [0.2, 0.25) is 0 Å². The molecule has 104 valence electrons. The van der Waals surface area contributed by atoms with E-state index in [1.807, 2.05) is 0 Å². The summed E-state index contributed by atoms with van der Waals surface area (Å²) in [5.74, 6) is 1.95. The molecular weight excluding hydrogens is 218 g/mol. The molecule has 1 spiro atoms. The average Bonchev–Trinajstić information content (AvgIpc) is 2.99. The van der Waals surface area contributed by atoms with Gasteiger partial charge >= 0.3 is 0 Å². The van der Waals surface area contributed by atoms with E-state index in [0.717, 1.165) is 23.3 Å². The quantitative estimate of drug-likeness (QED) is 0.775. The lowest BCUT2D eigenvalue weighted by molar-refractivity contribution is 0.164. The van der Waals surface area contributed by atoms with Crippen LogP contribution in [0.3, 0.4) is 0 Å². The van der Waals surface area contributed by atoms with Crippen molar-refractivity contribution in [2.45, 2.75) is 83.6 Å². The van der Waals surface area contributed by atoms with Crippen LogP contribution in [0, 0.1) is 17.3 Å². The molecule has 0 aromatic carbocycles. The van der Waals surface area contributed by atoms with E-state index in [9.17, 15) is 0 Å². The standard InChI is InChI=1S/C17H31N/c1-14-5-4-6-15(14)13-18-16-7-11-17(12-8-16)9-2-3-10-17/h14-16,18H,2-13H2,1H3. The number of hydrogen-bond donors (Lipinski definition) is 1. The van der Waals surface area contributed by atoms with Crippen LogP contribution in [0.1, 0.15) is 77.6 Å². The Bertz CT molecular complexity index is 257. The van der Waals surface area contributed by atoms with E-state index in [1.54, 1.807) is 12.8 Å². The second-order valence-electron chi connectivity index (χ2n) is 7.56. The fourth-order valence-electron chi connectivity index (χ4n) is 4.90. The monoisotopic (exact) mass is 249 g/mol. The minimum Gasteiger partial charge on any atom is -0.314 e. The Balaban J connectivity index is 1.40. The molecule has 2 unspecified atom stereocenters. The number of hydrogen-bond acceptors (Lipinski definition) is 1. The summed E-state index contributed by atoms with van der Waals surface area (Å²) >= 11 is 0. The molecule has 3 rings (SSSR count). The topological polar surface area (TPSA) is 12.0 Å². The first-order chi connectivity index (χ1) is 8.77. The van der Waals surface area contributed by atoms with E-state index < -0.39 is 0 Å². The Labute approximate surface area is 113 Å². The SMILES string of the molecule is CC1CCCC1CNC1CCC2(CCCC2)CC1. The van der Waals surface area contributed by atoms with E-state index in [4.69, 9.17) is 0 Å². The molecule has 1 heteroatoms. The molecule has 2 atom stereocenters. The van der Waals surface area contributed by atoms with Gasteiger partial charge in [-0.05, 0) is 68.7 Å². The molecule has 0 heterocycles. The molecule has 1 N–H and O–H groups in total. The van der Waals surface area contributed by atoms with E-state index in [1.165, 1.54) is 64.3 Å². The van der Waals surface area contributed by atoms with Gasteiger partial charge in [0.15, 0.2) is 0 Å². The minimum atomic E-state index is 0.804. The third-order valence-electron chi connectivity index (χ3n) is 6.42. The van der Waals surface area contributed by atoms with Gasteiger partial charge in [0.25, 0.3) is 0 Å². The predicted molar refractivity (Wildman–Crippen MR) is 77.7 cm³/mol. The van der Waals surface area contributed by atoms with E-state index in [0.29, 0.717) is 0 Å². The highest BCUT2D eigenvalue weighted by atomic mass is 14.9. The van der Waals surface area contributed by atoms with Gasteiger partial charge in [-0.2, -0.15) is 0 Å². The number of rotatable bonds is 3. The summed E-state index contributed by atoms with van der Waals surface area (Å²) in [6.45, 7) is 3.76. The fraction of sp³-hybridized carbons (Fsp3) is 1.00. The largest absolute Gasteiger partial charge is 0.314 e. The number of nitrogens with one attached hydrogen (secondary N) is 1. The molecule has 3 fully saturated rings. The molecule has 0 amide bonds. The Morgan fingerprint density at radius 2 is 1.61 bits per heavy atom. The van der Waals surface area contributed by atoms with Gasteiger partial charge in [0, 0.05) is 6.04 Å². The predicted octanol–water partition coefficient (Wildman–Crippen LogP) is 4.52. The van der Waals surface area contributed by atoms with Gasteiger partial charge in [-0.3, -0.25) is 0 Å². The lowest BCUT2D eigenvalue weighted by atomic mass is 9.71. The average molecular weight is 249 g/mol. The molecular formula is C17H31N. The zero-order chi connectivity index (χ0) is 12.4. The molecule has 0 radical (unpaired) electrons. The van der Waals surface area contributed by atoms with Gasteiger partial charge < -0.3 is 5.32 Å². The van der Waals surface area contributed by atoms with Crippen LogP contribution in [0.15, 0.2) is 0 Å². The molecule has 1 nitrogen and oxygen atoms in total.